The molecule has 2 aromatic carbocycles. The number of primary sulfonamides is 1. The van der Waals surface area contributed by atoms with E-state index in [2.05, 4.69) is 9.68 Å². The predicted molar refractivity (Wildman–Crippen MR) is 93.4 cm³/mol. The third-order valence-electron chi connectivity index (χ3n) is 4.30. The molecule has 0 bridgehead atoms. The van der Waals surface area contributed by atoms with E-state index >= 15 is 0 Å². The van der Waals surface area contributed by atoms with Crippen LogP contribution in [-0.2, 0) is 16.2 Å². The van der Waals surface area contributed by atoms with Gasteiger partial charge in [0.05, 0.1) is 11.1 Å². The summed E-state index contributed by atoms with van der Waals surface area (Å²) >= 11 is 0. The fraction of sp³-hybridized carbons (Fsp3) is 0.167. The molecule has 166 valence electrons. The number of hydrogen-bond donors (Lipinski definition) is 1. The lowest BCUT2D eigenvalue weighted by molar-refractivity contribution is -0.138. The topological polar surface area (TPSA) is 86.2 Å². The molecule has 0 aliphatic rings. The molecule has 0 aliphatic heterocycles. The van der Waals surface area contributed by atoms with Crippen LogP contribution < -0.4 is 5.14 Å². The number of hydrogen-bond acceptors (Lipinski definition) is 4. The van der Waals surface area contributed by atoms with E-state index in [1.165, 1.54) is 6.92 Å². The molecule has 31 heavy (non-hydrogen) atoms. The highest BCUT2D eigenvalue weighted by Crippen LogP contribution is 2.42. The number of benzene rings is 2. The Hall–Kier alpha value is -2.93. The lowest BCUT2D eigenvalue weighted by Gasteiger charge is -2.12. The van der Waals surface area contributed by atoms with E-state index in [1.54, 1.807) is 0 Å². The standard InChI is InChI=1S/C18H11F7N2O3S/c1-7-2-3-8(4-10(7)18(23,24)25)14-13(15(17(21)22)30-27-14)9-5-11(19)16(12(20)6-9)31(26,28)29/h2-6,17H,1H3,(H2,26,28,29). The lowest BCUT2D eigenvalue weighted by Crippen LogP contribution is -2.16. The predicted octanol–water partition coefficient (Wildman–Crippen LogP) is 5.20. The molecule has 3 aromatic rings. The Balaban J connectivity index is 2.31. The van der Waals surface area contributed by atoms with Gasteiger partial charge in [-0.05, 0) is 36.2 Å². The van der Waals surface area contributed by atoms with E-state index < -0.39 is 67.3 Å². The van der Waals surface area contributed by atoms with Gasteiger partial charge in [-0.2, -0.15) is 13.2 Å². The van der Waals surface area contributed by atoms with Crippen molar-refractivity contribution < 1.29 is 43.7 Å². The molecular weight excluding hydrogens is 457 g/mol. The van der Waals surface area contributed by atoms with Crippen LogP contribution in [0, 0.1) is 18.6 Å². The molecule has 2 N–H and O–H groups in total. The zero-order valence-electron chi connectivity index (χ0n) is 15.3. The largest absolute Gasteiger partial charge is 0.416 e. The van der Waals surface area contributed by atoms with Gasteiger partial charge in [-0.1, -0.05) is 17.3 Å². The molecule has 0 amide bonds. The highest BCUT2D eigenvalue weighted by atomic mass is 32.2. The number of halogens is 7. The van der Waals surface area contributed by atoms with E-state index in [9.17, 15) is 39.2 Å². The van der Waals surface area contributed by atoms with Crippen molar-refractivity contribution >= 4 is 10.0 Å². The summed E-state index contributed by atoms with van der Waals surface area (Å²) in [7, 11) is -4.83. The summed E-state index contributed by atoms with van der Waals surface area (Å²) in [5.74, 6) is -4.55. The minimum absolute atomic E-state index is 0.162. The summed E-state index contributed by atoms with van der Waals surface area (Å²) < 4.78 is 122. The summed E-state index contributed by atoms with van der Waals surface area (Å²) in [6.07, 6.45) is -8.13. The first-order chi connectivity index (χ1) is 14.2. The zero-order chi connectivity index (χ0) is 23.3. The van der Waals surface area contributed by atoms with Crippen molar-refractivity contribution in [2.45, 2.75) is 24.4 Å². The van der Waals surface area contributed by atoms with Gasteiger partial charge >= 0.3 is 6.18 Å². The van der Waals surface area contributed by atoms with Gasteiger partial charge in [0.25, 0.3) is 6.43 Å². The second kappa shape index (κ2) is 7.64. The smallest absolute Gasteiger partial charge is 0.354 e. The number of nitrogens with zero attached hydrogens (tertiary/aromatic N) is 1. The number of nitrogens with two attached hydrogens (primary N) is 1. The van der Waals surface area contributed by atoms with E-state index in [4.69, 9.17) is 5.14 Å². The van der Waals surface area contributed by atoms with Gasteiger partial charge in [0.15, 0.2) is 4.90 Å². The molecule has 0 fully saturated rings. The Morgan fingerprint density at radius 2 is 1.61 bits per heavy atom. The Morgan fingerprint density at radius 1 is 1.03 bits per heavy atom. The monoisotopic (exact) mass is 468 g/mol. The SMILES string of the molecule is Cc1ccc(-c2noc(C(F)F)c2-c2cc(F)c(S(N)(=O)=O)c(F)c2)cc1C(F)(F)F. The molecule has 13 heteroatoms. The number of aryl methyl sites for hydroxylation is 1. The van der Waals surface area contributed by atoms with E-state index in [0.717, 1.165) is 12.1 Å². The van der Waals surface area contributed by atoms with Gasteiger partial charge in [-0.3, -0.25) is 0 Å². The molecule has 0 saturated heterocycles. The van der Waals surface area contributed by atoms with E-state index in [1.807, 2.05) is 0 Å². The van der Waals surface area contributed by atoms with Crippen LogP contribution in [0.15, 0.2) is 39.8 Å². The first kappa shape index (κ1) is 22.7. The van der Waals surface area contributed by atoms with Gasteiger partial charge in [0.1, 0.15) is 17.3 Å². The van der Waals surface area contributed by atoms with Crippen molar-refractivity contribution in [1.82, 2.24) is 5.16 Å². The average Bonchev–Trinajstić information content (AvgIpc) is 3.04. The molecule has 0 unspecified atom stereocenters. The van der Waals surface area contributed by atoms with Gasteiger partial charge < -0.3 is 4.52 Å². The second-order valence-corrected chi connectivity index (χ2v) is 7.91. The Labute approximate surface area is 170 Å². The molecule has 1 aromatic heterocycles. The quantitative estimate of drug-likeness (QED) is 0.534. The highest BCUT2D eigenvalue weighted by molar-refractivity contribution is 7.89. The van der Waals surface area contributed by atoms with Crippen LogP contribution in [-0.4, -0.2) is 13.6 Å². The molecular formula is C18H11F7N2O3S. The fourth-order valence-corrected chi connectivity index (χ4v) is 3.64. The van der Waals surface area contributed by atoms with Gasteiger partial charge in [0, 0.05) is 5.56 Å². The van der Waals surface area contributed by atoms with Crippen molar-refractivity contribution in [3.05, 3.63) is 58.9 Å². The van der Waals surface area contributed by atoms with E-state index in [0.29, 0.717) is 18.2 Å². The van der Waals surface area contributed by atoms with Crippen molar-refractivity contribution in [1.29, 1.82) is 0 Å². The Kier molecular flexibility index (Phi) is 5.61. The molecule has 0 saturated carbocycles. The van der Waals surface area contributed by atoms with Gasteiger partial charge in [0.2, 0.25) is 15.8 Å². The number of aromatic nitrogens is 1. The summed E-state index contributed by atoms with van der Waals surface area (Å²) in [6, 6.07) is 3.60. The van der Waals surface area contributed by atoms with Crippen molar-refractivity contribution in [2.24, 2.45) is 5.14 Å². The van der Waals surface area contributed by atoms with Crippen LogP contribution in [0.2, 0.25) is 0 Å². The average molecular weight is 468 g/mol. The van der Waals surface area contributed by atoms with Crippen molar-refractivity contribution in [3.8, 4) is 22.4 Å². The van der Waals surface area contributed by atoms with E-state index in [-0.39, 0.29) is 11.1 Å². The van der Waals surface area contributed by atoms with Crippen molar-refractivity contribution in [2.75, 3.05) is 0 Å². The third kappa shape index (κ3) is 4.28. The normalized spacial score (nSPS) is 12.6. The fourth-order valence-electron chi connectivity index (χ4n) is 2.98. The van der Waals surface area contributed by atoms with Gasteiger partial charge in [-0.15, -0.1) is 0 Å². The maximum atomic E-state index is 14.3. The third-order valence-corrected chi connectivity index (χ3v) is 5.26. The lowest BCUT2D eigenvalue weighted by atomic mass is 9.96. The summed E-state index contributed by atoms with van der Waals surface area (Å²) in [5.41, 5.74) is -3.46. The molecule has 0 spiro atoms. The van der Waals surface area contributed by atoms with Crippen LogP contribution in [0.1, 0.15) is 23.3 Å². The van der Waals surface area contributed by atoms with Crippen LogP contribution in [0.5, 0.6) is 0 Å². The first-order valence-corrected chi connectivity index (χ1v) is 9.74. The zero-order valence-corrected chi connectivity index (χ0v) is 16.1. The first-order valence-electron chi connectivity index (χ1n) is 8.20. The second-order valence-electron chi connectivity index (χ2n) is 6.41. The molecule has 0 aliphatic carbocycles. The minimum atomic E-state index is -4.83. The Bertz CT molecular complexity index is 1240. The summed E-state index contributed by atoms with van der Waals surface area (Å²) in [5, 5.41) is 8.09. The number of rotatable bonds is 4. The van der Waals surface area contributed by atoms with Crippen LogP contribution in [0.4, 0.5) is 30.7 Å². The molecule has 5 nitrogen and oxygen atoms in total. The maximum Gasteiger partial charge on any atom is 0.416 e. The molecule has 0 atom stereocenters. The number of alkyl halides is 5. The minimum Gasteiger partial charge on any atom is -0.354 e. The maximum absolute atomic E-state index is 14.3. The van der Waals surface area contributed by atoms with Crippen LogP contribution in [0.3, 0.4) is 0 Å². The number of sulfonamides is 1. The Morgan fingerprint density at radius 3 is 2.10 bits per heavy atom. The van der Waals surface area contributed by atoms with Crippen molar-refractivity contribution in [3.63, 3.8) is 0 Å². The van der Waals surface area contributed by atoms with Gasteiger partial charge in [-0.25, -0.2) is 31.1 Å². The van der Waals surface area contributed by atoms with Crippen LogP contribution in [0.25, 0.3) is 22.4 Å². The highest BCUT2D eigenvalue weighted by Gasteiger charge is 2.34. The molecule has 0 radical (unpaired) electrons. The van der Waals surface area contributed by atoms with Crippen LogP contribution >= 0.6 is 0 Å². The molecule has 1 heterocycles. The summed E-state index contributed by atoms with van der Waals surface area (Å²) in [4.78, 5) is -1.50. The summed E-state index contributed by atoms with van der Waals surface area (Å²) in [6.45, 7) is 1.18. The molecule has 3 rings (SSSR count).